The van der Waals surface area contributed by atoms with E-state index in [1.807, 2.05) is 29.7 Å². The van der Waals surface area contributed by atoms with E-state index in [1.165, 1.54) is 0 Å². The zero-order valence-corrected chi connectivity index (χ0v) is 21.4. The summed E-state index contributed by atoms with van der Waals surface area (Å²) < 4.78 is 29.0. The highest BCUT2D eigenvalue weighted by molar-refractivity contribution is 5.98. The van der Waals surface area contributed by atoms with E-state index in [0.29, 0.717) is 46.5 Å². The second kappa shape index (κ2) is 9.67. The standard InChI is InChI=1S/C26H29FN8O3/c1-14-29-22-19(30-18-8-6-7-15(23(18)37-3)24-28-13-34(2)33-24)12-20(32-26(36)16-11-17(16)27)31-25(22)35(14)21-9-4-5-10-38-21/h6-8,12-13,16-17,21H,4-5,9-11H2,1-3H3,(H2,30,31,32,36). The lowest BCUT2D eigenvalue weighted by Crippen LogP contribution is -2.20. The van der Waals surface area contributed by atoms with Gasteiger partial charge in [0, 0.05) is 19.7 Å². The molecule has 4 aromatic rings. The van der Waals surface area contributed by atoms with Crippen molar-refractivity contribution >= 4 is 34.3 Å². The van der Waals surface area contributed by atoms with Crippen LogP contribution in [0, 0.1) is 12.8 Å². The number of pyridine rings is 1. The summed E-state index contributed by atoms with van der Waals surface area (Å²) in [6.45, 7) is 2.57. The van der Waals surface area contributed by atoms with Gasteiger partial charge < -0.3 is 20.1 Å². The van der Waals surface area contributed by atoms with E-state index in [2.05, 4.69) is 20.7 Å². The molecule has 3 atom stereocenters. The van der Waals surface area contributed by atoms with Crippen molar-refractivity contribution in [1.82, 2.24) is 29.3 Å². The minimum absolute atomic E-state index is 0.202. The van der Waals surface area contributed by atoms with Gasteiger partial charge in [-0.2, -0.15) is 5.10 Å². The maximum absolute atomic E-state index is 13.6. The summed E-state index contributed by atoms with van der Waals surface area (Å²) in [6, 6.07) is 7.35. The molecular weight excluding hydrogens is 491 g/mol. The van der Waals surface area contributed by atoms with Gasteiger partial charge in [0.05, 0.1) is 30.0 Å². The fourth-order valence-electron chi connectivity index (χ4n) is 4.90. The van der Waals surface area contributed by atoms with E-state index in [0.717, 1.165) is 30.7 Å². The number of benzene rings is 1. The van der Waals surface area contributed by atoms with Crippen LogP contribution in [0.25, 0.3) is 22.6 Å². The summed E-state index contributed by atoms with van der Waals surface area (Å²) in [4.78, 5) is 26.5. The highest BCUT2D eigenvalue weighted by atomic mass is 19.1. The first kappa shape index (κ1) is 24.3. The molecule has 12 heteroatoms. The summed E-state index contributed by atoms with van der Waals surface area (Å²) in [5, 5.41) is 10.6. The Morgan fingerprint density at radius 1 is 1.24 bits per heavy atom. The molecule has 2 fully saturated rings. The fraction of sp³-hybridized carbons (Fsp3) is 0.423. The number of halogens is 1. The Kier molecular flexibility index (Phi) is 6.18. The lowest BCUT2D eigenvalue weighted by atomic mass is 10.1. The molecule has 1 saturated heterocycles. The zero-order valence-electron chi connectivity index (χ0n) is 21.4. The third kappa shape index (κ3) is 4.44. The van der Waals surface area contributed by atoms with Crippen LogP contribution in [0.3, 0.4) is 0 Å². The first-order chi connectivity index (χ1) is 18.4. The molecule has 0 bridgehead atoms. The third-order valence-electron chi connectivity index (χ3n) is 6.90. The van der Waals surface area contributed by atoms with E-state index in [9.17, 15) is 9.18 Å². The Morgan fingerprint density at radius 2 is 2.08 bits per heavy atom. The monoisotopic (exact) mass is 520 g/mol. The normalized spacial score (nSPS) is 20.9. The Balaban J connectivity index is 1.44. The van der Waals surface area contributed by atoms with Crippen LogP contribution < -0.4 is 15.4 Å². The molecule has 1 saturated carbocycles. The number of carbonyl (C=O) groups is 1. The number of nitrogens with one attached hydrogen (secondary N) is 2. The van der Waals surface area contributed by atoms with Gasteiger partial charge in [-0.25, -0.2) is 19.3 Å². The van der Waals surface area contributed by atoms with Crippen molar-refractivity contribution < 1.29 is 18.7 Å². The van der Waals surface area contributed by atoms with E-state index in [1.54, 1.807) is 31.2 Å². The molecule has 2 aliphatic rings. The summed E-state index contributed by atoms with van der Waals surface area (Å²) in [5.74, 6) is 1.12. The predicted molar refractivity (Wildman–Crippen MR) is 139 cm³/mol. The Labute approximate surface area is 218 Å². The Morgan fingerprint density at radius 3 is 2.76 bits per heavy atom. The number of nitrogens with zero attached hydrogens (tertiary/aromatic N) is 6. The van der Waals surface area contributed by atoms with Gasteiger partial charge >= 0.3 is 0 Å². The molecule has 1 amide bonds. The van der Waals surface area contributed by atoms with E-state index < -0.39 is 12.1 Å². The van der Waals surface area contributed by atoms with Crippen LogP contribution in [0.4, 0.5) is 21.6 Å². The molecule has 4 heterocycles. The van der Waals surface area contributed by atoms with Crippen molar-refractivity contribution in [3.63, 3.8) is 0 Å². The molecule has 3 aromatic heterocycles. The van der Waals surface area contributed by atoms with E-state index >= 15 is 0 Å². The van der Waals surface area contributed by atoms with Crippen LogP contribution in [0.15, 0.2) is 30.6 Å². The lowest BCUT2D eigenvalue weighted by Gasteiger charge is -2.25. The number of imidazole rings is 1. The van der Waals surface area contributed by atoms with Crippen LogP contribution in [0.2, 0.25) is 0 Å². The first-order valence-corrected chi connectivity index (χ1v) is 12.7. The number of amides is 1. The van der Waals surface area contributed by atoms with Gasteiger partial charge in [0.15, 0.2) is 17.2 Å². The second-order valence-electron chi connectivity index (χ2n) is 9.68. The van der Waals surface area contributed by atoms with Crippen molar-refractivity contribution in [3.8, 4) is 17.1 Å². The molecule has 1 aliphatic carbocycles. The van der Waals surface area contributed by atoms with Gasteiger partial charge in [0.2, 0.25) is 5.91 Å². The summed E-state index contributed by atoms with van der Waals surface area (Å²) in [7, 11) is 3.39. The molecule has 6 rings (SSSR count). The average Bonchev–Trinajstić information content (AvgIpc) is 3.33. The van der Waals surface area contributed by atoms with Crippen LogP contribution >= 0.6 is 0 Å². The highest BCUT2D eigenvalue weighted by Crippen LogP contribution is 2.40. The zero-order chi connectivity index (χ0) is 26.4. The second-order valence-corrected chi connectivity index (χ2v) is 9.68. The predicted octanol–water partition coefficient (Wildman–Crippen LogP) is 4.28. The number of hydrogen-bond donors (Lipinski definition) is 2. The number of anilines is 3. The number of aromatic nitrogens is 6. The number of methoxy groups -OCH3 is 1. The highest BCUT2D eigenvalue weighted by Gasteiger charge is 2.43. The van der Waals surface area contributed by atoms with E-state index in [4.69, 9.17) is 19.4 Å². The van der Waals surface area contributed by atoms with Crippen molar-refractivity contribution in [2.75, 3.05) is 24.4 Å². The molecule has 11 nitrogen and oxygen atoms in total. The third-order valence-corrected chi connectivity index (χ3v) is 6.90. The number of fused-ring (bicyclic) bond motifs is 1. The molecule has 0 spiro atoms. The average molecular weight is 521 g/mol. The fourth-order valence-corrected chi connectivity index (χ4v) is 4.90. The number of ether oxygens (including phenoxy) is 2. The molecule has 1 aromatic carbocycles. The molecular formula is C26H29FN8O3. The number of alkyl halides is 1. The summed E-state index contributed by atoms with van der Waals surface area (Å²) in [6.07, 6.45) is 3.44. The quantitative estimate of drug-likeness (QED) is 0.370. The minimum atomic E-state index is -1.10. The smallest absolute Gasteiger partial charge is 0.231 e. The van der Waals surface area contributed by atoms with Crippen LogP contribution in [-0.4, -0.2) is 55.1 Å². The first-order valence-electron chi connectivity index (χ1n) is 12.7. The van der Waals surface area contributed by atoms with E-state index in [-0.39, 0.29) is 18.6 Å². The number of carbonyl (C=O) groups excluding carboxylic acids is 1. The van der Waals surface area contributed by atoms with Crippen molar-refractivity contribution in [3.05, 3.63) is 36.4 Å². The van der Waals surface area contributed by atoms with Gasteiger partial charge in [-0.15, -0.1) is 0 Å². The van der Waals surface area contributed by atoms with Gasteiger partial charge in [0.25, 0.3) is 0 Å². The maximum Gasteiger partial charge on any atom is 0.231 e. The van der Waals surface area contributed by atoms with Crippen LogP contribution in [-0.2, 0) is 16.6 Å². The SMILES string of the molecule is COc1c(Nc2cc(NC(=O)C3CC3F)nc3c2nc(C)n3C2CCCCO2)cccc1-c1ncn(C)n1. The molecule has 38 heavy (non-hydrogen) atoms. The van der Waals surface area contributed by atoms with Crippen LogP contribution in [0.1, 0.15) is 37.7 Å². The number of hydrogen-bond acceptors (Lipinski definition) is 8. The molecule has 1 aliphatic heterocycles. The van der Waals surface area contributed by atoms with Gasteiger partial charge in [-0.3, -0.25) is 14.0 Å². The van der Waals surface area contributed by atoms with Crippen molar-refractivity contribution in [2.45, 2.75) is 45.0 Å². The van der Waals surface area contributed by atoms with Crippen molar-refractivity contribution in [2.24, 2.45) is 13.0 Å². The van der Waals surface area contributed by atoms with Gasteiger partial charge in [-0.05, 0) is 44.7 Å². The van der Waals surface area contributed by atoms with Crippen molar-refractivity contribution in [1.29, 1.82) is 0 Å². The minimum Gasteiger partial charge on any atom is -0.494 e. The van der Waals surface area contributed by atoms with Crippen LogP contribution in [0.5, 0.6) is 5.75 Å². The summed E-state index contributed by atoms with van der Waals surface area (Å²) in [5.41, 5.74) is 3.18. The lowest BCUT2D eigenvalue weighted by molar-refractivity contribution is -0.117. The Hall–Kier alpha value is -4.06. The number of aryl methyl sites for hydroxylation is 2. The largest absolute Gasteiger partial charge is 0.494 e. The molecule has 2 N–H and O–H groups in total. The number of para-hydroxylation sites is 1. The molecule has 3 unspecified atom stereocenters. The maximum atomic E-state index is 13.6. The number of rotatable bonds is 7. The molecule has 0 radical (unpaired) electrons. The van der Waals surface area contributed by atoms with Gasteiger partial charge in [-0.1, -0.05) is 6.07 Å². The summed E-state index contributed by atoms with van der Waals surface area (Å²) >= 11 is 0. The topological polar surface area (TPSA) is 121 Å². The van der Waals surface area contributed by atoms with Gasteiger partial charge in [0.1, 0.15) is 35.9 Å². The Bertz CT molecular complexity index is 1510. The molecule has 198 valence electrons.